The SMILES string of the molecule is c1ccc2c(c1)-c1ccccc1-c1cc(-c3ccc4sc5ccccc5c4c3)ccc1-c1cc(-c3ccc4sc5ccccc5c4c3)ccc1-2.c1ccc2c(c1)-c1ccccc1-c1cc(-c3ccc4sc5ccccc5c4c3)ccc1-c1cc(-c3cccc4c3oc3ccccc34)ccc1-2.c1ccc2c(c1)-c1ccccc1-c1cc(-c3ccc4sc5ccccc5c4c3)ccc1-c1cc(-c3cccc4c3sc3ccccc34)ccc1-2. The van der Waals surface area contributed by atoms with Crippen LogP contribution in [0.15, 0.2) is 514 Å². The molecule has 0 atom stereocenters. The smallest absolute Gasteiger partial charge is 0.143 e. The molecule has 6 aromatic heterocycles. The summed E-state index contributed by atoms with van der Waals surface area (Å²) in [5.41, 5.74) is 46.7. The van der Waals surface area contributed by atoms with Crippen LogP contribution in [0.1, 0.15) is 0 Å². The Morgan fingerprint density at radius 2 is 0.300 bits per heavy atom. The molecule has 0 aliphatic heterocycles. The highest BCUT2D eigenvalue weighted by atomic mass is 32.1. The van der Waals surface area contributed by atoms with Crippen LogP contribution in [0, 0.1) is 0 Å². The lowest BCUT2D eigenvalue weighted by atomic mass is 9.79. The second kappa shape index (κ2) is 35.0. The molecule has 0 spiro atoms. The fourth-order valence-electron chi connectivity index (χ4n) is 24.4. The van der Waals surface area contributed by atoms with E-state index in [1.165, 1.54) is 290 Å². The second-order valence-electron chi connectivity index (χ2n) is 39.6. The molecule has 6 heteroatoms. The lowest BCUT2D eigenvalue weighted by molar-refractivity contribution is 0.670. The predicted octanol–water partition coefficient (Wildman–Crippen LogP) is 43.7. The lowest BCUT2D eigenvalue weighted by Gasteiger charge is -2.24. The van der Waals surface area contributed by atoms with E-state index in [0.717, 1.165) is 33.1 Å². The van der Waals surface area contributed by atoms with Crippen molar-refractivity contribution >= 4 is 179 Å². The Bertz CT molecular complexity index is 10300. The van der Waals surface area contributed by atoms with Crippen molar-refractivity contribution in [1.29, 1.82) is 0 Å². The number of fused-ring (bicyclic) bond motifs is 42. The van der Waals surface area contributed by atoms with Gasteiger partial charge in [-0.25, -0.2) is 0 Å². The highest BCUT2D eigenvalue weighted by Gasteiger charge is 2.30. The molecule has 696 valence electrons. The van der Waals surface area contributed by atoms with E-state index >= 15 is 0 Å². The minimum Gasteiger partial charge on any atom is -0.455 e. The first kappa shape index (κ1) is 86.5. The van der Waals surface area contributed by atoms with E-state index in [9.17, 15) is 0 Å². The summed E-state index contributed by atoms with van der Waals surface area (Å²) in [6, 6.07) is 189. The van der Waals surface area contributed by atoms with Gasteiger partial charge in [-0.1, -0.05) is 388 Å². The molecule has 0 amide bonds. The standard InChI is InChI=1S/C48H28OS.2C48H28S2/c1-2-12-35-33(10-1)34-11-3-4-13-36(34)42-26-29(30-22-25-47-44(27-30)40-15-6-8-19-46(40)50-47)20-23-38(42)43-28-31(21-24-37(35)43)32-16-9-17-41-39-14-5-7-18-45(39)49-48(32)41;1-2-12-35-33(10-1)34-11-3-4-13-36(34)42-26-29(30-22-25-47-44(27-30)40-15-6-7-18-45(40)49-47)20-23-38(42)43-28-31(21-24-37(35)43)32-16-9-17-41-39-14-5-8-19-46(39)50-48(32)41;1-2-11-35-33(9-1)34-10-3-4-12-36(34)41-25-30(32-20-24-48-44(28-32)40-14-6-8-16-46(40)50-48)18-22-38(41)42-26-29(17-21-37(35)42)31-19-23-47-43(27-31)39-13-5-7-15-45(39)49-47/h3*1-28H. The molecule has 24 aromatic carbocycles. The van der Waals surface area contributed by atoms with Gasteiger partial charge in [0, 0.05) is 117 Å². The van der Waals surface area contributed by atoms with Gasteiger partial charge in [-0.2, -0.15) is 0 Å². The maximum atomic E-state index is 6.52. The normalized spacial score (nSPS) is 12.0. The van der Waals surface area contributed by atoms with Crippen molar-refractivity contribution < 1.29 is 4.42 Å². The summed E-state index contributed by atoms with van der Waals surface area (Å²) in [7, 11) is 0. The van der Waals surface area contributed by atoms with E-state index in [0.29, 0.717) is 0 Å². The van der Waals surface area contributed by atoms with Crippen molar-refractivity contribution in [2.45, 2.75) is 0 Å². The summed E-state index contributed by atoms with van der Waals surface area (Å²) in [6.45, 7) is 0. The molecule has 0 saturated heterocycles. The zero-order chi connectivity index (χ0) is 98.3. The van der Waals surface area contributed by atoms with Gasteiger partial charge in [0.25, 0.3) is 0 Å². The van der Waals surface area contributed by atoms with Crippen LogP contribution in [-0.2, 0) is 0 Å². The lowest BCUT2D eigenvalue weighted by Crippen LogP contribution is -1.98. The van der Waals surface area contributed by atoms with Crippen LogP contribution in [0.2, 0.25) is 0 Å². The molecule has 33 rings (SSSR count). The van der Waals surface area contributed by atoms with E-state index in [1.807, 2.05) is 62.8 Å². The first-order chi connectivity index (χ1) is 74.3. The number of furan rings is 1. The molecule has 3 aliphatic rings. The van der Waals surface area contributed by atoms with Crippen molar-refractivity contribution in [3.63, 3.8) is 0 Å². The summed E-state index contributed by atoms with van der Waals surface area (Å²) in [5, 5.41) is 15.6. The number of hydrogen-bond donors (Lipinski definition) is 0. The maximum absolute atomic E-state index is 6.52. The minimum atomic E-state index is 0.915. The van der Waals surface area contributed by atoms with Crippen LogP contribution < -0.4 is 0 Å². The Morgan fingerprint density at radius 1 is 0.107 bits per heavy atom. The predicted molar refractivity (Wildman–Crippen MR) is 650 cm³/mol. The quantitative estimate of drug-likeness (QED) is 0.162. The van der Waals surface area contributed by atoms with E-state index in [4.69, 9.17) is 4.42 Å². The first-order valence-electron chi connectivity index (χ1n) is 51.2. The van der Waals surface area contributed by atoms with Gasteiger partial charge in [0.05, 0.1) is 0 Å². The van der Waals surface area contributed by atoms with Crippen molar-refractivity contribution in [1.82, 2.24) is 0 Å². The van der Waals surface area contributed by atoms with Crippen LogP contribution in [-0.4, -0.2) is 0 Å². The Morgan fingerprint density at radius 3 is 0.620 bits per heavy atom. The van der Waals surface area contributed by atoms with Crippen LogP contribution in [0.3, 0.4) is 0 Å². The van der Waals surface area contributed by atoms with Gasteiger partial charge >= 0.3 is 0 Å². The third-order valence-corrected chi connectivity index (χ3v) is 37.3. The van der Waals surface area contributed by atoms with Gasteiger partial charge in [-0.3, -0.25) is 0 Å². The third-order valence-electron chi connectivity index (χ3n) is 31.4. The highest BCUT2D eigenvalue weighted by Crippen LogP contribution is 2.57. The number of benzene rings is 24. The molecule has 0 saturated carbocycles. The Labute approximate surface area is 886 Å². The molecule has 30 aromatic rings. The van der Waals surface area contributed by atoms with Gasteiger partial charge in [-0.15, -0.1) is 56.7 Å². The van der Waals surface area contributed by atoms with Crippen LogP contribution >= 0.6 is 56.7 Å². The summed E-state index contributed by atoms with van der Waals surface area (Å²) >= 11 is 9.37. The van der Waals surface area contributed by atoms with Gasteiger partial charge in [0.2, 0.25) is 0 Å². The number of rotatable bonds is 6. The van der Waals surface area contributed by atoms with E-state index < -0.39 is 0 Å². The van der Waals surface area contributed by atoms with Crippen molar-refractivity contribution in [3.8, 4) is 200 Å². The molecule has 0 fully saturated rings. The molecule has 0 bridgehead atoms. The molecular formula is C144H84OS5. The Balaban J connectivity index is 0.000000101. The zero-order valence-corrected chi connectivity index (χ0v) is 85.0. The zero-order valence-electron chi connectivity index (χ0n) is 80.9. The molecule has 150 heavy (non-hydrogen) atoms. The third kappa shape index (κ3) is 14.1. The monoisotopic (exact) mass is 1990 g/mol. The number of hydrogen-bond acceptors (Lipinski definition) is 6. The van der Waals surface area contributed by atoms with Crippen molar-refractivity contribution in [3.05, 3.63) is 510 Å². The summed E-state index contributed by atoms with van der Waals surface area (Å²) in [5.74, 6) is 0. The molecule has 6 heterocycles. The maximum Gasteiger partial charge on any atom is 0.143 e. The largest absolute Gasteiger partial charge is 0.455 e. The Hall–Kier alpha value is -17.8. The van der Waals surface area contributed by atoms with Gasteiger partial charge in [0.15, 0.2) is 0 Å². The van der Waals surface area contributed by atoms with E-state index in [-0.39, 0.29) is 0 Å². The average molecular weight is 1990 g/mol. The van der Waals surface area contributed by atoms with Crippen LogP contribution in [0.25, 0.3) is 323 Å². The van der Waals surface area contributed by atoms with Gasteiger partial charge in [0.1, 0.15) is 11.2 Å². The molecule has 0 radical (unpaired) electrons. The van der Waals surface area contributed by atoms with Gasteiger partial charge < -0.3 is 4.42 Å². The van der Waals surface area contributed by atoms with E-state index in [2.05, 4.69) is 504 Å². The number of para-hydroxylation sites is 2. The fraction of sp³-hybridized carbons (Fsp3) is 0. The first-order valence-corrected chi connectivity index (χ1v) is 55.3. The highest BCUT2D eigenvalue weighted by molar-refractivity contribution is 7.27. The molecule has 1 nitrogen and oxygen atoms in total. The van der Waals surface area contributed by atoms with Crippen LogP contribution in [0.5, 0.6) is 0 Å². The topological polar surface area (TPSA) is 13.1 Å². The summed E-state index contributed by atoms with van der Waals surface area (Å²) in [6.07, 6.45) is 0. The molecular weight excluding hydrogens is 1910 g/mol. The summed E-state index contributed by atoms with van der Waals surface area (Å²) in [4.78, 5) is 0. The summed E-state index contributed by atoms with van der Waals surface area (Å²) < 4.78 is 19.9. The average Bonchev–Trinajstić information content (AvgIpc) is 0.941. The van der Waals surface area contributed by atoms with Gasteiger partial charge in [-0.05, 0) is 316 Å². The number of thiophene rings is 5. The molecule has 0 N–H and O–H groups in total. The van der Waals surface area contributed by atoms with Crippen LogP contribution in [0.4, 0.5) is 0 Å². The second-order valence-corrected chi connectivity index (χ2v) is 45.0. The van der Waals surface area contributed by atoms with Crippen molar-refractivity contribution in [2.24, 2.45) is 0 Å². The van der Waals surface area contributed by atoms with E-state index in [1.54, 1.807) is 0 Å². The van der Waals surface area contributed by atoms with Crippen molar-refractivity contribution in [2.75, 3.05) is 0 Å². The molecule has 0 unspecified atom stereocenters. The minimum absolute atomic E-state index is 0.915. The molecule has 3 aliphatic carbocycles. The Kier molecular flexibility index (Phi) is 20.2. The fourth-order valence-corrected chi connectivity index (χ4v) is 29.9.